The maximum absolute atomic E-state index is 12.5. The van der Waals surface area contributed by atoms with Gasteiger partial charge in [-0.3, -0.25) is 4.79 Å². The van der Waals surface area contributed by atoms with Crippen molar-refractivity contribution in [2.45, 2.75) is 26.8 Å². The highest BCUT2D eigenvalue weighted by Crippen LogP contribution is 2.10. The molecule has 1 N–H and O–H groups in total. The molecule has 29 heavy (non-hydrogen) atoms. The molecule has 0 aliphatic carbocycles. The van der Waals surface area contributed by atoms with Crippen molar-refractivity contribution in [3.8, 4) is 0 Å². The number of carbonyl (C=O) groups excluding carboxylic acids is 1. The Kier molecular flexibility index (Phi) is 7.04. The van der Waals surface area contributed by atoms with Crippen molar-refractivity contribution in [3.63, 3.8) is 0 Å². The second-order valence-corrected chi connectivity index (χ2v) is 7.07. The zero-order valence-electron chi connectivity index (χ0n) is 17.2. The Morgan fingerprint density at radius 3 is 2.72 bits per heavy atom. The van der Waals surface area contributed by atoms with Crippen LogP contribution in [0.25, 0.3) is 0 Å². The summed E-state index contributed by atoms with van der Waals surface area (Å²) in [6.45, 7) is 12.7. The van der Waals surface area contributed by atoms with Crippen LogP contribution in [0.15, 0.2) is 46.3 Å². The van der Waals surface area contributed by atoms with E-state index in [0.29, 0.717) is 45.0 Å². The average Bonchev–Trinajstić information content (AvgIpc) is 3.42. The lowest BCUT2D eigenvalue weighted by Crippen LogP contribution is -2.54. The van der Waals surface area contributed by atoms with Crippen molar-refractivity contribution in [3.05, 3.63) is 48.5 Å². The van der Waals surface area contributed by atoms with Crippen LogP contribution in [0.5, 0.6) is 0 Å². The summed E-state index contributed by atoms with van der Waals surface area (Å²) in [6, 6.07) is 3.43. The summed E-state index contributed by atoms with van der Waals surface area (Å²) in [5, 5.41) is 11.5. The maximum Gasteiger partial charge on any atom is 0.289 e. The van der Waals surface area contributed by atoms with Gasteiger partial charge in [0, 0.05) is 45.7 Å². The molecule has 0 atom stereocenters. The SMILES string of the molecule is C=C(C)CN=C(NCCn1cnnc1CC)N1CCN(C(=O)c2ccco2)CC1. The first kappa shape index (κ1) is 20.6. The van der Waals surface area contributed by atoms with E-state index in [1.54, 1.807) is 18.5 Å². The van der Waals surface area contributed by atoms with Crippen LogP contribution in [0.1, 0.15) is 30.2 Å². The van der Waals surface area contributed by atoms with Crippen LogP contribution < -0.4 is 5.32 Å². The number of guanidine groups is 1. The molecular formula is C20H29N7O2. The van der Waals surface area contributed by atoms with Gasteiger partial charge in [0.1, 0.15) is 12.2 Å². The molecular weight excluding hydrogens is 370 g/mol. The Balaban J connectivity index is 1.56. The number of piperazine rings is 1. The Hall–Kier alpha value is -3.10. The van der Waals surface area contributed by atoms with Crippen molar-refractivity contribution in [1.82, 2.24) is 29.9 Å². The summed E-state index contributed by atoms with van der Waals surface area (Å²) in [5.41, 5.74) is 1.00. The largest absolute Gasteiger partial charge is 0.459 e. The third-order valence-electron chi connectivity index (χ3n) is 4.74. The molecule has 0 saturated carbocycles. The van der Waals surface area contributed by atoms with Crippen LogP contribution in [0.4, 0.5) is 0 Å². The van der Waals surface area contributed by atoms with Gasteiger partial charge in [-0.25, -0.2) is 4.99 Å². The third kappa shape index (κ3) is 5.46. The third-order valence-corrected chi connectivity index (χ3v) is 4.74. The minimum Gasteiger partial charge on any atom is -0.459 e. The summed E-state index contributed by atoms with van der Waals surface area (Å²) in [5.74, 6) is 2.12. The first-order valence-corrected chi connectivity index (χ1v) is 9.95. The standard InChI is InChI=1S/C20H29N7O2/c1-4-18-24-23-15-27(18)8-7-21-20(22-14-16(2)3)26-11-9-25(10-12-26)19(28)17-6-5-13-29-17/h5-6,13,15H,2,4,7-12,14H2,1,3H3,(H,21,22). The van der Waals surface area contributed by atoms with Crippen molar-refractivity contribution >= 4 is 11.9 Å². The molecule has 2 aromatic heterocycles. The lowest BCUT2D eigenvalue weighted by Gasteiger charge is -2.36. The topological polar surface area (TPSA) is 91.8 Å². The van der Waals surface area contributed by atoms with Crippen LogP contribution in [0.3, 0.4) is 0 Å². The molecule has 3 rings (SSSR count). The van der Waals surface area contributed by atoms with Crippen LogP contribution in [0, 0.1) is 0 Å². The smallest absolute Gasteiger partial charge is 0.289 e. The molecule has 9 nitrogen and oxygen atoms in total. The number of aromatic nitrogens is 3. The molecule has 0 spiro atoms. The molecule has 3 heterocycles. The van der Waals surface area contributed by atoms with Crippen LogP contribution in [-0.4, -0.2) is 75.7 Å². The monoisotopic (exact) mass is 399 g/mol. The molecule has 2 aromatic rings. The van der Waals surface area contributed by atoms with Gasteiger partial charge < -0.3 is 24.1 Å². The van der Waals surface area contributed by atoms with Gasteiger partial charge in [0.25, 0.3) is 5.91 Å². The van der Waals surface area contributed by atoms with E-state index in [1.807, 2.05) is 16.4 Å². The molecule has 9 heteroatoms. The van der Waals surface area contributed by atoms with Gasteiger partial charge in [-0.15, -0.1) is 10.2 Å². The Bertz CT molecular complexity index is 833. The van der Waals surface area contributed by atoms with Gasteiger partial charge in [0.2, 0.25) is 0 Å². The lowest BCUT2D eigenvalue weighted by atomic mass is 10.3. The van der Waals surface area contributed by atoms with E-state index < -0.39 is 0 Å². The predicted octanol–water partition coefficient (Wildman–Crippen LogP) is 1.41. The van der Waals surface area contributed by atoms with E-state index in [0.717, 1.165) is 30.3 Å². The summed E-state index contributed by atoms with van der Waals surface area (Å²) in [7, 11) is 0. The number of furan rings is 1. The fraction of sp³-hybridized carbons (Fsp3) is 0.500. The van der Waals surface area contributed by atoms with Gasteiger partial charge in [-0.05, 0) is 19.1 Å². The Labute approximate surface area is 171 Å². The first-order chi connectivity index (χ1) is 14.1. The summed E-state index contributed by atoms with van der Waals surface area (Å²) in [4.78, 5) is 21.2. The van der Waals surface area contributed by atoms with E-state index in [2.05, 4.69) is 33.9 Å². The highest BCUT2D eigenvalue weighted by molar-refractivity contribution is 5.91. The molecule has 1 aliphatic heterocycles. The molecule has 1 aliphatic rings. The van der Waals surface area contributed by atoms with Gasteiger partial charge in [-0.2, -0.15) is 0 Å². The van der Waals surface area contributed by atoms with Crippen molar-refractivity contribution < 1.29 is 9.21 Å². The zero-order valence-corrected chi connectivity index (χ0v) is 17.2. The summed E-state index contributed by atoms with van der Waals surface area (Å²) >= 11 is 0. The van der Waals surface area contributed by atoms with Crippen LogP contribution >= 0.6 is 0 Å². The quantitative estimate of drug-likeness (QED) is 0.430. The van der Waals surface area contributed by atoms with E-state index in [9.17, 15) is 4.79 Å². The summed E-state index contributed by atoms with van der Waals surface area (Å²) in [6.07, 6.45) is 4.13. The van der Waals surface area contributed by atoms with Gasteiger partial charge in [0.05, 0.1) is 12.8 Å². The Morgan fingerprint density at radius 1 is 1.31 bits per heavy atom. The number of rotatable bonds is 7. The lowest BCUT2D eigenvalue weighted by molar-refractivity contribution is 0.0657. The number of carbonyl (C=O) groups is 1. The average molecular weight is 399 g/mol. The second kappa shape index (κ2) is 9.90. The molecule has 0 radical (unpaired) electrons. The second-order valence-electron chi connectivity index (χ2n) is 7.07. The maximum atomic E-state index is 12.5. The van der Waals surface area contributed by atoms with E-state index >= 15 is 0 Å². The van der Waals surface area contributed by atoms with Crippen LogP contribution in [0.2, 0.25) is 0 Å². The van der Waals surface area contributed by atoms with Crippen molar-refractivity contribution in [2.24, 2.45) is 4.99 Å². The molecule has 156 valence electrons. The minimum atomic E-state index is -0.0669. The molecule has 0 bridgehead atoms. The first-order valence-electron chi connectivity index (χ1n) is 9.95. The molecule has 1 fully saturated rings. The van der Waals surface area contributed by atoms with E-state index in [-0.39, 0.29) is 5.91 Å². The molecule has 0 unspecified atom stereocenters. The van der Waals surface area contributed by atoms with E-state index in [1.165, 1.54) is 6.26 Å². The number of nitrogens with one attached hydrogen (secondary N) is 1. The molecule has 1 saturated heterocycles. The normalized spacial score (nSPS) is 14.9. The van der Waals surface area contributed by atoms with Gasteiger partial charge in [-0.1, -0.05) is 19.1 Å². The number of nitrogens with zero attached hydrogens (tertiary/aromatic N) is 6. The van der Waals surface area contributed by atoms with E-state index in [4.69, 9.17) is 9.41 Å². The van der Waals surface area contributed by atoms with Crippen molar-refractivity contribution in [1.29, 1.82) is 0 Å². The number of hydrogen-bond acceptors (Lipinski definition) is 5. The fourth-order valence-corrected chi connectivity index (χ4v) is 3.18. The highest BCUT2D eigenvalue weighted by Gasteiger charge is 2.25. The van der Waals surface area contributed by atoms with Gasteiger partial charge in [0.15, 0.2) is 11.7 Å². The van der Waals surface area contributed by atoms with Crippen LogP contribution in [-0.2, 0) is 13.0 Å². The Morgan fingerprint density at radius 2 is 2.07 bits per heavy atom. The summed E-state index contributed by atoms with van der Waals surface area (Å²) < 4.78 is 7.28. The highest BCUT2D eigenvalue weighted by atomic mass is 16.3. The predicted molar refractivity (Wildman–Crippen MR) is 111 cm³/mol. The zero-order chi connectivity index (χ0) is 20.6. The fourth-order valence-electron chi connectivity index (χ4n) is 3.18. The number of aliphatic imine (C=N–C) groups is 1. The minimum absolute atomic E-state index is 0.0669. The van der Waals surface area contributed by atoms with Crippen molar-refractivity contribution in [2.75, 3.05) is 39.3 Å². The number of hydrogen-bond donors (Lipinski definition) is 1. The number of aryl methyl sites for hydroxylation is 1. The molecule has 1 amide bonds. The van der Waals surface area contributed by atoms with Gasteiger partial charge >= 0.3 is 0 Å². The number of amides is 1. The molecule has 0 aromatic carbocycles.